The Morgan fingerprint density at radius 1 is 1.56 bits per heavy atom. The van der Waals surface area contributed by atoms with E-state index >= 15 is 0 Å². The molecule has 1 unspecified atom stereocenters. The number of hydrogen-bond donors (Lipinski definition) is 1. The molecule has 0 saturated carbocycles. The minimum absolute atomic E-state index is 0.426. The van der Waals surface area contributed by atoms with E-state index in [-0.39, 0.29) is 0 Å². The van der Waals surface area contributed by atoms with Gasteiger partial charge < -0.3 is 14.3 Å². The lowest BCUT2D eigenvalue weighted by atomic mass is 10.2. The van der Waals surface area contributed by atoms with E-state index in [1.54, 1.807) is 12.5 Å². The van der Waals surface area contributed by atoms with Gasteiger partial charge in [0.25, 0.3) is 0 Å². The molecular weight excluding hydrogens is 202 g/mol. The van der Waals surface area contributed by atoms with E-state index in [0.29, 0.717) is 6.04 Å². The van der Waals surface area contributed by atoms with Crippen LogP contribution in [0.3, 0.4) is 0 Å². The van der Waals surface area contributed by atoms with Gasteiger partial charge in [0.15, 0.2) is 0 Å². The van der Waals surface area contributed by atoms with Crippen molar-refractivity contribution in [2.75, 3.05) is 6.54 Å². The molecule has 2 aromatic heterocycles. The molecule has 0 bridgehead atoms. The smallest absolute Gasteiger partial charge is 0.105 e. The van der Waals surface area contributed by atoms with E-state index in [2.05, 4.69) is 21.8 Å². The number of nitrogens with one attached hydrogen (secondary N) is 1. The molecule has 0 radical (unpaired) electrons. The molecule has 0 aliphatic carbocycles. The van der Waals surface area contributed by atoms with E-state index in [4.69, 9.17) is 4.42 Å². The lowest BCUT2D eigenvalue weighted by Gasteiger charge is -2.12. The number of imidazole rings is 1. The predicted octanol–water partition coefficient (Wildman–Crippen LogP) is 1.70. The first kappa shape index (κ1) is 11.0. The molecule has 0 fully saturated rings. The van der Waals surface area contributed by atoms with Crippen LogP contribution in [0.4, 0.5) is 0 Å². The molecule has 0 aromatic carbocycles. The van der Waals surface area contributed by atoms with Gasteiger partial charge in [0.05, 0.1) is 12.6 Å². The van der Waals surface area contributed by atoms with Crippen LogP contribution in [0.15, 0.2) is 41.5 Å². The molecule has 1 atom stereocenters. The zero-order valence-corrected chi connectivity index (χ0v) is 9.47. The lowest BCUT2D eigenvalue weighted by Crippen LogP contribution is -2.30. The normalized spacial score (nSPS) is 12.8. The van der Waals surface area contributed by atoms with Crippen LogP contribution in [0.1, 0.15) is 12.7 Å². The summed E-state index contributed by atoms with van der Waals surface area (Å²) in [5.41, 5.74) is 0. The first-order chi connectivity index (χ1) is 7.84. The molecule has 16 heavy (non-hydrogen) atoms. The molecule has 4 nitrogen and oxygen atoms in total. The van der Waals surface area contributed by atoms with E-state index in [0.717, 1.165) is 25.3 Å². The van der Waals surface area contributed by atoms with E-state index in [1.165, 1.54) is 0 Å². The maximum Gasteiger partial charge on any atom is 0.105 e. The molecule has 4 heteroatoms. The summed E-state index contributed by atoms with van der Waals surface area (Å²) in [6.45, 7) is 4.05. The fourth-order valence-corrected chi connectivity index (χ4v) is 1.66. The predicted molar refractivity (Wildman–Crippen MR) is 62.1 cm³/mol. The van der Waals surface area contributed by atoms with Gasteiger partial charge in [-0.3, -0.25) is 0 Å². The zero-order chi connectivity index (χ0) is 11.2. The number of furan rings is 1. The van der Waals surface area contributed by atoms with Crippen LogP contribution in [0.2, 0.25) is 0 Å². The van der Waals surface area contributed by atoms with Crippen LogP contribution in [-0.2, 0) is 13.0 Å². The van der Waals surface area contributed by atoms with E-state index < -0.39 is 0 Å². The van der Waals surface area contributed by atoms with Crippen molar-refractivity contribution in [3.8, 4) is 0 Å². The van der Waals surface area contributed by atoms with Gasteiger partial charge in [0, 0.05) is 37.9 Å². The Morgan fingerprint density at radius 3 is 3.19 bits per heavy atom. The third-order valence-electron chi connectivity index (χ3n) is 2.51. The highest BCUT2D eigenvalue weighted by molar-refractivity contribution is 4.99. The fraction of sp³-hybridized carbons (Fsp3) is 0.417. The third-order valence-corrected chi connectivity index (χ3v) is 2.51. The summed E-state index contributed by atoms with van der Waals surface area (Å²) in [6.07, 6.45) is 8.24. The Balaban J connectivity index is 1.66. The largest absolute Gasteiger partial charge is 0.469 e. The standard InChI is InChI=1S/C12H17N3O/c1-11(9-12-3-2-8-16-12)14-5-7-15-6-4-13-10-15/h2-4,6,8,10-11,14H,5,7,9H2,1H3. The van der Waals surface area contributed by atoms with Crippen LogP contribution in [-0.4, -0.2) is 22.1 Å². The number of nitrogens with zero attached hydrogens (tertiary/aromatic N) is 2. The molecule has 0 aliphatic heterocycles. The highest BCUT2D eigenvalue weighted by atomic mass is 16.3. The van der Waals surface area contributed by atoms with E-state index in [9.17, 15) is 0 Å². The summed E-state index contributed by atoms with van der Waals surface area (Å²) in [4.78, 5) is 4.00. The minimum atomic E-state index is 0.426. The molecule has 0 spiro atoms. The van der Waals surface area contributed by atoms with Crippen molar-refractivity contribution in [1.82, 2.24) is 14.9 Å². The fourth-order valence-electron chi connectivity index (χ4n) is 1.66. The summed E-state index contributed by atoms with van der Waals surface area (Å²) in [7, 11) is 0. The highest BCUT2D eigenvalue weighted by Gasteiger charge is 2.04. The SMILES string of the molecule is CC(Cc1ccco1)NCCn1ccnc1. The number of hydrogen-bond acceptors (Lipinski definition) is 3. The van der Waals surface area contributed by atoms with Gasteiger partial charge in [-0.25, -0.2) is 4.98 Å². The van der Waals surface area contributed by atoms with Gasteiger partial charge in [0.2, 0.25) is 0 Å². The summed E-state index contributed by atoms with van der Waals surface area (Å²) < 4.78 is 7.36. The minimum Gasteiger partial charge on any atom is -0.469 e. The topological polar surface area (TPSA) is 43.0 Å². The van der Waals surface area contributed by atoms with Crippen molar-refractivity contribution in [3.05, 3.63) is 42.9 Å². The van der Waals surface area contributed by atoms with Crippen LogP contribution >= 0.6 is 0 Å². The first-order valence-electron chi connectivity index (χ1n) is 5.56. The second kappa shape index (κ2) is 5.51. The van der Waals surface area contributed by atoms with Crippen LogP contribution in [0, 0.1) is 0 Å². The van der Waals surface area contributed by atoms with Gasteiger partial charge in [-0.1, -0.05) is 0 Å². The quantitative estimate of drug-likeness (QED) is 0.804. The average Bonchev–Trinajstić information content (AvgIpc) is 2.90. The first-order valence-corrected chi connectivity index (χ1v) is 5.56. The molecule has 0 saturated heterocycles. The summed E-state index contributed by atoms with van der Waals surface area (Å²) in [5, 5.41) is 3.45. The number of aromatic nitrogens is 2. The zero-order valence-electron chi connectivity index (χ0n) is 9.47. The van der Waals surface area contributed by atoms with Crippen molar-refractivity contribution in [1.29, 1.82) is 0 Å². The summed E-state index contributed by atoms with van der Waals surface area (Å²) in [6, 6.07) is 4.36. The van der Waals surface area contributed by atoms with E-state index in [1.807, 2.05) is 24.7 Å². The monoisotopic (exact) mass is 219 g/mol. The van der Waals surface area contributed by atoms with Crippen LogP contribution < -0.4 is 5.32 Å². The van der Waals surface area contributed by atoms with Crippen molar-refractivity contribution >= 4 is 0 Å². The van der Waals surface area contributed by atoms with Gasteiger partial charge in [-0.05, 0) is 19.1 Å². The number of rotatable bonds is 6. The average molecular weight is 219 g/mol. The van der Waals surface area contributed by atoms with Gasteiger partial charge in [-0.2, -0.15) is 0 Å². The molecule has 0 aliphatic rings. The Morgan fingerprint density at radius 2 is 2.50 bits per heavy atom. The Bertz CT molecular complexity index is 380. The highest BCUT2D eigenvalue weighted by Crippen LogP contribution is 2.03. The van der Waals surface area contributed by atoms with Crippen molar-refractivity contribution in [2.24, 2.45) is 0 Å². The molecule has 2 heterocycles. The van der Waals surface area contributed by atoms with Crippen molar-refractivity contribution < 1.29 is 4.42 Å². The maximum absolute atomic E-state index is 5.30. The van der Waals surface area contributed by atoms with Crippen LogP contribution in [0.5, 0.6) is 0 Å². The molecular formula is C12H17N3O. The second-order valence-electron chi connectivity index (χ2n) is 3.94. The third kappa shape index (κ3) is 3.24. The van der Waals surface area contributed by atoms with Crippen LogP contribution in [0.25, 0.3) is 0 Å². The molecule has 2 aromatic rings. The van der Waals surface area contributed by atoms with Gasteiger partial charge in [-0.15, -0.1) is 0 Å². The maximum atomic E-state index is 5.30. The summed E-state index contributed by atoms with van der Waals surface area (Å²) >= 11 is 0. The van der Waals surface area contributed by atoms with Crippen molar-refractivity contribution in [2.45, 2.75) is 25.9 Å². The Labute approximate surface area is 95.3 Å². The lowest BCUT2D eigenvalue weighted by molar-refractivity contribution is 0.449. The Kier molecular flexibility index (Phi) is 3.77. The molecule has 2 rings (SSSR count). The molecule has 1 N–H and O–H groups in total. The summed E-state index contributed by atoms with van der Waals surface area (Å²) in [5.74, 6) is 1.03. The Hall–Kier alpha value is -1.55. The van der Waals surface area contributed by atoms with Gasteiger partial charge >= 0.3 is 0 Å². The second-order valence-corrected chi connectivity index (χ2v) is 3.94. The molecule has 86 valence electrons. The van der Waals surface area contributed by atoms with Crippen molar-refractivity contribution in [3.63, 3.8) is 0 Å². The van der Waals surface area contributed by atoms with Gasteiger partial charge in [0.1, 0.15) is 5.76 Å². The molecule has 0 amide bonds.